The van der Waals surface area contributed by atoms with Crippen LogP contribution in [0, 0.1) is 5.92 Å². The van der Waals surface area contributed by atoms with Crippen LogP contribution in [-0.4, -0.2) is 43.7 Å². The van der Waals surface area contributed by atoms with Crippen molar-refractivity contribution in [1.82, 2.24) is 10.3 Å². The fourth-order valence-corrected chi connectivity index (χ4v) is 5.56. The zero-order chi connectivity index (χ0) is 27.0. The number of methoxy groups -OCH3 is 1. The van der Waals surface area contributed by atoms with Gasteiger partial charge in [-0.1, -0.05) is 17.7 Å². The van der Waals surface area contributed by atoms with Gasteiger partial charge in [0.25, 0.3) is 0 Å². The van der Waals surface area contributed by atoms with Crippen LogP contribution in [0.4, 0.5) is 18.9 Å². The average Bonchev–Trinajstić information content (AvgIpc) is 2.91. The molecule has 38 heavy (non-hydrogen) atoms. The van der Waals surface area contributed by atoms with E-state index in [2.05, 4.69) is 10.3 Å². The molecule has 1 atom stereocenters. The van der Waals surface area contributed by atoms with Crippen LogP contribution in [0.3, 0.4) is 0 Å². The first-order chi connectivity index (χ1) is 18.1. The normalized spacial score (nSPS) is 21.4. The van der Waals surface area contributed by atoms with Crippen molar-refractivity contribution in [1.29, 1.82) is 0 Å². The molecule has 0 radical (unpaired) electrons. The predicted octanol–water partition coefficient (Wildman–Crippen LogP) is 6.03. The zero-order valence-electron chi connectivity index (χ0n) is 21.1. The lowest BCUT2D eigenvalue weighted by Gasteiger charge is -2.37. The number of alkyl halides is 3. The van der Waals surface area contributed by atoms with E-state index in [1.807, 2.05) is 30.1 Å². The van der Waals surface area contributed by atoms with Crippen LogP contribution in [0.25, 0.3) is 10.9 Å². The first-order valence-electron chi connectivity index (χ1n) is 12.6. The molecule has 5 rings (SSSR count). The summed E-state index contributed by atoms with van der Waals surface area (Å²) in [6.07, 6.45) is -1.02. The van der Waals surface area contributed by atoms with Gasteiger partial charge >= 0.3 is 6.18 Å². The minimum Gasteiger partial charge on any atom is -0.497 e. The second-order valence-electron chi connectivity index (χ2n) is 10.00. The summed E-state index contributed by atoms with van der Waals surface area (Å²) in [5.74, 6) is 1.15. The second kappa shape index (κ2) is 10.5. The number of rotatable bonds is 5. The summed E-state index contributed by atoms with van der Waals surface area (Å²) in [5, 5.41) is 4.19. The number of pyridine rings is 1. The molecule has 1 aliphatic heterocycles. The van der Waals surface area contributed by atoms with Gasteiger partial charge in [0.1, 0.15) is 23.8 Å². The molecule has 1 amide bonds. The van der Waals surface area contributed by atoms with Crippen LogP contribution in [0.1, 0.15) is 36.9 Å². The Balaban J connectivity index is 1.23. The maximum absolute atomic E-state index is 13.6. The van der Waals surface area contributed by atoms with E-state index >= 15 is 0 Å². The van der Waals surface area contributed by atoms with Gasteiger partial charge in [-0.05, 0) is 68.0 Å². The number of benzene rings is 2. The third-order valence-corrected chi connectivity index (χ3v) is 7.80. The minimum absolute atomic E-state index is 0.0128. The van der Waals surface area contributed by atoms with Crippen LogP contribution >= 0.6 is 11.6 Å². The number of hydrogen-bond acceptors (Lipinski definition) is 5. The number of ether oxygens (including phenoxy) is 2. The first kappa shape index (κ1) is 26.4. The first-order valence-corrected chi connectivity index (χ1v) is 13.0. The largest absolute Gasteiger partial charge is 0.497 e. The van der Waals surface area contributed by atoms with Gasteiger partial charge in [-0.2, -0.15) is 13.2 Å². The molecule has 202 valence electrons. The van der Waals surface area contributed by atoms with Gasteiger partial charge < -0.3 is 19.7 Å². The maximum Gasteiger partial charge on any atom is 0.433 e. The summed E-state index contributed by atoms with van der Waals surface area (Å²) in [7, 11) is 3.41. The van der Waals surface area contributed by atoms with Crippen molar-refractivity contribution in [3.8, 4) is 11.5 Å². The number of carbonyl (C=O) groups excluding carboxylic acids is 1. The molecule has 6 nitrogen and oxygen atoms in total. The minimum atomic E-state index is -4.55. The van der Waals surface area contributed by atoms with Crippen molar-refractivity contribution in [2.24, 2.45) is 5.92 Å². The fourth-order valence-electron chi connectivity index (χ4n) is 5.39. The van der Waals surface area contributed by atoms with Gasteiger partial charge in [0, 0.05) is 41.3 Å². The molecular formula is C28H29ClF3N3O3. The number of carbonyl (C=O) groups is 1. The zero-order valence-corrected chi connectivity index (χ0v) is 21.9. The highest BCUT2D eigenvalue weighted by Crippen LogP contribution is 2.38. The van der Waals surface area contributed by atoms with E-state index in [1.165, 1.54) is 6.07 Å². The van der Waals surface area contributed by atoms with Crippen molar-refractivity contribution in [3.05, 3.63) is 58.7 Å². The molecule has 2 aromatic carbocycles. The Bertz CT molecular complexity index is 1340. The lowest BCUT2D eigenvalue weighted by molar-refractivity contribution is -0.141. The molecule has 2 aliphatic rings. The molecule has 1 N–H and O–H groups in total. The molecule has 1 aromatic heterocycles. The molecule has 1 unspecified atom stereocenters. The van der Waals surface area contributed by atoms with Crippen molar-refractivity contribution in [2.75, 3.05) is 25.7 Å². The third kappa shape index (κ3) is 5.48. The van der Waals surface area contributed by atoms with E-state index in [1.54, 1.807) is 19.2 Å². The van der Waals surface area contributed by atoms with Gasteiger partial charge in [0.05, 0.1) is 18.5 Å². The number of aromatic nitrogens is 1. The molecule has 2 heterocycles. The molecular weight excluding hydrogens is 519 g/mol. The highest BCUT2D eigenvalue weighted by molar-refractivity contribution is 6.31. The lowest BCUT2D eigenvalue weighted by atomic mass is 9.89. The topological polar surface area (TPSA) is 63.7 Å². The predicted molar refractivity (Wildman–Crippen MR) is 140 cm³/mol. The standard InChI is InChI=1S/C28H29ClF3N3O3/c1-35(24-14-26(28(30,31)32)34-23-10-4-18(29)12-22(23)24)20-7-5-19(6-8-20)33-27(36)17-11-16-3-9-21(37-2)13-25(16)38-15-17/h3-4,9-10,12-14,17,19-20H,5-8,11,15H2,1-2H3,(H,33,36)/t17?,19-,20+. The summed E-state index contributed by atoms with van der Waals surface area (Å²) in [4.78, 5) is 18.7. The number of halogens is 4. The van der Waals surface area contributed by atoms with Gasteiger partial charge in [-0.15, -0.1) is 0 Å². The molecule has 3 aromatic rings. The summed E-state index contributed by atoms with van der Waals surface area (Å²) in [6.45, 7) is 0.309. The smallest absolute Gasteiger partial charge is 0.433 e. The van der Waals surface area contributed by atoms with E-state index in [0.717, 1.165) is 43.1 Å². The van der Waals surface area contributed by atoms with E-state index in [0.29, 0.717) is 34.9 Å². The Kier molecular flexibility index (Phi) is 7.31. The van der Waals surface area contributed by atoms with Gasteiger partial charge in [0.2, 0.25) is 5.91 Å². The summed E-state index contributed by atoms with van der Waals surface area (Å²) in [6, 6.07) is 11.5. The molecule has 0 bridgehead atoms. The molecule has 10 heteroatoms. The van der Waals surface area contributed by atoms with E-state index in [9.17, 15) is 18.0 Å². The van der Waals surface area contributed by atoms with Crippen LogP contribution in [0.2, 0.25) is 5.02 Å². The number of nitrogens with zero attached hydrogens (tertiary/aromatic N) is 2. The number of anilines is 1. The van der Waals surface area contributed by atoms with Crippen molar-refractivity contribution >= 4 is 34.1 Å². The van der Waals surface area contributed by atoms with Crippen LogP contribution in [0.15, 0.2) is 42.5 Å². The highest BCUT2D eigenvalue weighted by Gasteiger charge is 2.35. The SMILES string of the molecule is COc1ccc2c(c1)OCC(C(=O)N[C@H]1CC[C@@H](N(C)c3cc(C(F)(F)F)nc4ccc(Cl)cc34)CC1)C2. The number of hydrogen-bond donors (Lipinski definition) is 1. The average molecular weight is 548 g/mol. The van der Waals surface area contributed by atoms with E-state index in [-0.39, 0.29) is 29.4 Å². The second-order valence-corrected chi connectivity index (χ2v) is 10.4. The van der Waals surface area contributed by atoms with E-state index in [4.69, 9.17) is 21.1 Å². The Hall–Kier alpha value is -3.20. The molecule has 1 saturated carbocycles. The summed E-state index contributed by atoms with van der Waals surface area (Å²) >= 11 is 6.16. The lowest BCUT2D eigenvalue weighted by Crippen LogP contribution is -2.46. The number of nitrogens with one attached hydrogen (secondary N) is 1. The quantitative estimate of drug-likeness (QED) is 0.422. The van der Waals surface area contributed by atoms with Crippen molar-refractivity contribution < 1.29 is 27.4 Å². The molecule has 1 aliphatic carbocycles. The van der Waals surface area contributed by atoms with E-state index < -0.39 is 11.9 Å². The van der Waals surface area contributed by atoms with Crippen LogP contribution in [-0.2, 0) is 17.4 Å². The van der Waals surface area contributed by atoms with Crippen LogP contribution < -0.4 is 19.7 Å². The van der Waals surface area contributed by atoms with Gasteiger partial charge in [0.15, 0.2) is 0 Å². The number of amides is 1. The Morgan fingerprint density at radius 2 is 1.89 bits per heavy atom. The fraction of sp³-hybridized carbons (Fsp3) is 0.429. The summed E-state index contributed by atoms with van der Waals surface area (Å²) < 4.78 is 51.7. The summed E-state index contributed by atoms with van der Waals surface area (Å²) in [5.41, 5.74) is 0.754. The highest BCUT2D eigenvalue weighted by atomic mass is 35.5. The monoisotopic (exact) mass is 547 g/mol. The Labute approximate surface area is 224 Å². The van der Waals surface area contributed by atoms with Gasteiger partial charge in [-0.25, -0.2) is 4.98 Å². The van der Waals surface area contributed by atoms with Crippen molar-refractivity contribution in [2.45, 2.75) is 50.4 Å². The van der Waals surface area contributed by atoms with Crippen molar-refractivity contribution in [3.63, 3.8) is 0 Å². The maximum atomic E-state index is 13.6. The molecule has 0 spiro atoms. The van der Waals surface area contributed by atoms with Crippen LogP contribution in [0.5, 0.6) is 11.5 Å². The Morgan fingerprint density at radius 1 is 1.13 bits per heavy atom. The van der Waals surface area contributed by atoms with Gasteiger partial charge in [-0.3, -0.25) is 4.79 Å². The molecule has 1 fully saturated rings. The molecule has 0 saturated heterocycles. The number of fused-ring (bicyclic) bond motifs is 2. The Morgan fingerprint density at radius 3 is 2.61 bits per heavy atom. The third-order valence-electron chi connectivity index (χ3n) is 7.56.